The molecule has 0 saturated carbocycles. The van der Waals surface area contributed by atoms with Crippen LogP contribution in [0.25, 0.3) is 0 Å². The summed E-state index contributed by atoms with van der Waals surface area (Å²) in [6, 6.07) is 3.29. The van der Waals surface area contributed by atoms with E-state index in [2.05, 4.69) is 6.92 Å². The molecule has 1 rings (SSSR count). The minimum Gasteiger partial charge on any atom is -0.493 e. The number of amides is 1. The molecule has 0 aliphatic rings. The van der Waals surface area contributed by atoms with Crippen LogP contribution in [0, 0.1) is 0 Å². The molecular formula is C15H24N2O3. The number of hydrogen-bond acceptors (Lipinski definition) is 4. The van der Waals surface area contributed by atoms with Crippen molar-refractivity contribution in [1.82, 2.24) is 4.90 Å². The van der Waals surface area contributed by atoms with Crippen molar-refractivity contribution in [3.05, 3.63) is 17.7 Å². The predicted octanol–water partition coefficient (Wildman–Crippen LogP) is 2.55. The summed E-state index contributed by atoms with van der Waals surface area (Å²) in [5.41, 5.74) is 6.76. The Labute approximate surface area is 120 Å². The zero-order valence-corrected chi connectivity index (χ0v) is 12.7. The molecule has 1 aromatic carbocycles. The van der Waals surface area contributed by atoms with Crippen LogP contribution in [0.1, 0.15) is 37.0 Å². The van der Waals surface area contributed by atoms with E-state index in [9.17, 15) is 4.79 Å². The molecule has 0 heterocycles. The van der Waals surface area contributed by atoms with Crippen LogP contribution in [0.3, 0.4) is 0 Å². The smallest absolute Gasteiger partial charge is 0.257 e. The molecule has 0 saturated heterocycles. The lowest BCUT2D eigenvalue weighted by atomic mass is 10.1. The fourth-order valence-corrected chi connectivity index (χ4v) is 2.07. The van der Waals surface area contributed by atoms with Crippen molar-refractivity contribution in [3.8, 4) is 11.5 Å². The second kappa shape index (κ2) is 7.62. The number of ether oxygens (including phenoxy) is 2. The molecule has 0 bridgehead atoms. The highest BCUT2D eigenvalue weighted by Gasteiger charge is 2.21. The number of carbonyl (C=O) groups excluding carboxylic acids is 1. The molecule has 20 heavy (non-hydrogen) atoms. The fourth-order valence-electron chi connectivity index (χ4n) is 2.07. The molecule has 0 atom stereocenters. The van der Waals surface area contributed by atoms with Gasteiger partial charge >= 0.3 is 0 Å². The highest BCUT2D eigenvalue weighted by atomic mass is 16.5. The summed E-state index contributed by atoms with van der Waals surface area (Å²) in [7, 11) is 3.05. The summed E-state index contributed by atoms with van der Waals surface area (Å²) in [4.78, 5) is 14.4. The van der Waals surface area contributed by atoms with Crippen LogP contribution in [0.4, 0.5) is 5.69 Å². The highest BCUT2D eigenvalue weighted by Crippen LogP contribution is 2.34. The zero-order chi connectivity index (χ0) is 15.1. The number of nitrogen functional groups attached to an aromatic ring is 1. The van der Waals surface area contributed by atoms with Crippen LogP contribution in [-0.2, 0) is 0 Å². The number of benzene rings is 1. The Morgan fingerprint density at radius 3 is 2.45 bits per heavy atom. The second-order valence-electron chi connectivity index (χ2n) is 4.54. The number of hydrogen-bond donors (Lipinski definition) is 1. The largest absolute Gasteiger partial charge is 0.493 e. The van der Waals surface area contributed by atoms with E-state index in [1.54, 1.807) is 17.0 Å². The van der Waals surface area contributed by atoms with Crippen molar-refractivity contribution in [2.24, 2.45) is 0 Å². The zero-order valence-electron chi connectivity index (χ0n) is 12.7. The number of anilines is 1. The van der Waals surface area contributed by atoms with Gasteiger partial charge in [0.2, 0.25) is 0 Å². The van der Waals surface area contributed by atoms with E-state index in [0.29, 0.717) is 29.3 Å². The molecular weight excluding hydrogens is 256 g/mol. The lowest BCUT2D eigenvalue weighted by molar-refractivity contribution is 0.0758. The second-order valence-corrected chi connectivity index (χ2v) is 4.54. The van der Waals surface area contributed by atoms with Gasteiger partial charge in [-0.05, 0) is 19.4 Å². The van der Waals surface area contributed by atoms with Crippen LogP contribution in [0.5, 0.6) is 11.5 Å². The van der Waals surface area contributed by atoms with Gasteiger partial charge in [-0.15, -0.1) is 0 Å². The first-order valence-corrected chi connectivity index (χ1v) is 6.89. The minimum absolute atomic E-state index is 0.0802. The van der Waals surface area contributed by atoms with Crippen molar-refractivity contribution in [2.45, 2.75) is 26.7 Å². The molecule has 5 heteroatoms. The van der Waals surface area contributed by atoms with Gasteiger partial charge in [-0.25, -0.2) is 0 Å². The van der Waals surface area contributed by atoms with Crippen molar-refractivity contribution in [2.75, 3.05) is 33.0 Å². The molecule has 0 aliphatic carbocycles. The Balaban J connectivity index is 3.16. The maximum Gasteiger partial charge on any atom is 0.257 e. The van der Waals surface area contributed by atoms with Gasteiger partial charge in [-0.1, -0.05) is 13.3 Å². The lowest BCUT2D eigenvalue weighted by Gasteiger charge is -2.22. The molecule has 2 N–H and O–H groups in total. The van der Waals surface area contributed by atoms with Gasteiger partial charge in [0.25, 0.3) is 5.91 Å². The first kappa shape index (κ1) is 16.1. The molecule has 1 aromatic rings. The average Bonchev–Trinajstić information content (AvgIpc) is 2.46. The monoisotopic (exact) mass is 280 g/mol. The SMILES string of the molecule is CCCCN(CC)C(=O)c1cc(N)cc(OC)c1OC. The van der Waals surface area contributed by atoms with E-state index >= 15 is 0 Å². The quantitative estimate of drug-likeness (QED) is 0.780. The number of unbranched alkanes of at least 4 members (excludes halogenated alkanes) is 1. The number of carbonyl (C=O) groups is 1. The van der Waals surface area contributed by atoms with Crippen LogP contribution < -0.4 is 15.2 Å². The normalized spacial score (nSPS) is 10.2. The molecule has 0 radical (unpaired) electrons. The number of nitrogens with zero attached hydrogens (tertiary/aromatic N) is 1. The lowest BCUT2D eigenvalue weighted by Crippen LogP contribution is -2.32. The van der Waals surface area contributed by atoms with E-state index < -0.39 is 0 Å². The predicted molar refractivity (Wildman–Crippen MR) is 80.4 cm³/mol. The van der Waals surface area contributed by atoms with Crippen molar-refractivity contribution in [1.29, 1.82) is 0 Å². The Hall–Kier alpha value is -1.91. The molecule has 0 spiro atoms. The van der Waals surface area contributed by atoms with Crippen molar-refractivity contribution >= 4 is 11.6 Å². The number of rotatable bonds is 7. The number of nitrogens with two attached hydrogens (primary N) is 1. The molecule has 112 valence electrons. The van der Waals surface area contributed by atoms with Crippen molar-refractivity contribution in [3.63, 3.8) is 0 Å². The van der Waals surface area contributed by atoms with E-state index in [1.807, 2.05) is 6.92 Å². The van der Waals surface area contributed by atoms with Gasteiger partial charge in [0.15, 0.2) is 11.5 Å². The summed E-state index contributed by atoms with van der Waals surface area (Å²) in [6.07, 6.45) is 2.02. The number of methoxy groups -OCH3 is 2. The summed E-state index contributed by atoms with van der Waals surface area (Å²) in [6.45, 7) is 5.44. The third-order valence-corrected chi connectivity index (χ3v) is 3.18. The highest BCUT2D eigenvalue weighted by molar-refractivity contribution is 5.98. The maximum absolute atomic E-state index is 12.6. The molecule has 0 unspecified atom stereocenters. The fraction of sp³-hybridized carbons (Fsp3) is 0.533. The van der Waals surface area contributed by atoms with Gasteiger partial charge in [0.1, 0.15) is 0 Å². The Bertz CT molecular complexity index is 461. The Morgan fingerprint density at radius 1 is 1.25 bits per heavy atom. The molecule has 0 aliphatic heterocycles. The molecule has 0 aromatic heterocycles. The summed E-state index contributed by atoms with van der Waals surface area (Å²) in [5.74, 6) is 0.826. The van der Waals surface area contributed by atoms with Crippen LogP contribution >= 0.6 is 0 Å². The maximum atomic E-state index is 12.6. The van der Waals surface area contributed by atoms with Crippen molar-refractivity contribution < 1.29 is 14.3 Å². The van der Waals surface area contributed by atoms with Crippen LogP contribution in [0.2, 0.25) is 0 Å². The summed E-state index contributed by atoms with van der Waals surface area (Å²) in [5, 5.41) is 0. The van der Waals surface area contributed by atoms with Gasteiger partial charge in [-0.3, -0.25) is 4.79 Å². The molecule has 1 amide bonds. The third kappa shape index (κ3) is 3.56. The first-order valence-electron chi connectivity index (χ1n) is 6.89. The van der Waals surface area contributed by atoms with E-state index in [1.165, 1.54) is 14.2 Å². The Morgan fingerprint density at radius 2 is 1.95 bits per heavy atom. The average molecular weight is 280 g/mol. The Kier molecular flexibility index (Phi) is 6.15. The van der Waals surface area contributed by atoms with E-state index in [-0.39, 0.29) is 5.91 Å². The van der Waals surface area contributed by atoms with Crippen LogP contribution in [0.15, 0.2) is 12.1 Å². The summed E-state index contributed by atoms with van der Waals surface area (Å²) < 4.78 is 10.5. The topological polar surface area (TPSA) is 64.8 Å². The van der Waals surface area contributed by atoms with Gasteiger partial charge in [0.05, 0.1) is 19.8 Å². The van der Waals surface area contributed by atoms with E-state index in [0.717, 1.165) is 19.4 Å². The summed E-state index contributed by atoms with van der Waals surface area (Å²) >= 11 is 0. The first-order chi connectivity index (χ1) is 9.58. The standard InChI is InChI=1S/C15H24N2O3/c1-5-7-8-17(6-2)15(18)12-9-11(16)10-13(19-3)14(12)20-4/h9-10H,5-8,16H2,1-4H3. The molecule has 5 nitrogen and oxygen atoms in total. The van der Waals surface area contributed by atoms with E-state index in [4.69, 9.17) is 15.2 Å². The third-order valence-electron chi connectivity index (χ3n) is 3.18. The minimum atomic E-state index is -0.0802. The van der Waals surface area contributed by atoms with Crippen LogP contribution in [-0.4, -0.2) is 38.1 Å². The van der Waals surface area contributed by atoms with Gasteiger partial charge in [-0.2, -0.15) is 0 Å². The van der Waals surface area contributed by atoms with Gasteiger partial charge in [0, 0.05) is 24.8 Å². The van der Waals surface area contributed by atoms with Gasteiger partial charge < -0.3 is 20.1 Å². The molecule has 0 fully saturated rings.